The largest absolute Gasteiger partial charge is 0.460 e. The van der Waals surface area contributed by atoms with E-state index < -0.39 is 29.5 Å². The Balaban J connectivity index is 1.58. The van der Waals surface area contributed by atoms with Crippen LogP contribution in [0.15, 0.2) is 48.5 Å². The van der Waals surface area contributed by atoms with Crippen molar-refractivity contribution in [1.29, 1.82) is 0 Å². The SMILES string of the molecule is O=C(OCCN1C(=O)c2ccccc2C1=O)c1ccc(C(F)(F)F)cc1. The Morgan fingerprint density at radius 3 is 1.96 bits per heavy atom. The van der Waals surface area contributed by atoms with Crippen molar-refractivity contribution in [2.45, 2.75) is 6.18 Å². The van der Waals surface area contributed by atoms with Gasteiger partial charge < -0.3 is 4.74 Å². The van der Waals surface area contributed by atoms with Gasteiger partial charge in [0.2, 0.25) is 0 Å². The number of imide groups is 1. The average molecular weight is 363 g/mol. The number of nitrogens with zero attached hydrogens (tertiary/aromatic N) is 1. The molecule has 2 amide bonds. The summed E-state index contributed by atoms with van der Waals surface area (Å²) >= 11 is 0. The number of fused-ring (bicyclic) bond motifs is 1. The number of carbonyl (C=O) groups excluding carboxylic acids is 3. The Hall–Kier alpha value is -3.16. The number of amides is 2. The number of ether oxygens (including phenoxy) is 1. The van der Waals surface area contributed by atoms with E-state index in [9.17, 15) is 27.6 Å². The number of benzene rings is 2. The van der Waals surface area contributed by atoms with Crippen molar-refractivity contribution in [3.05, 3.63) is 70.8 Å². The zero-order valence-electron chi connectivity index (χ0n) is 13.2. The van der Waals surface area contributed by atoms with Crippen molar-refractivity contribution in [2.24, 2.45) is 0 Å². The smallest absolute Gasteiger partial charge is 0.416 e. The van der Waals surface area contributed by atoms with Crippen LogP contribution in [0.5, 0.6) is 0 Å². The number of hydrogen-bond acceptors (Lipinski definition) is 4. The molecule has 0 aliphatic carbocycles. The second-order valence-corrected chi connectivity index (χ2v) is 5.52. The third kappa shape index (κ3) is 3.30. The molecule has 0 saturated carbocycles. The third-order valence-electron chi connectivity index (χ3n) is 3.87. The Morgan fingerprint density at radius 1 is 0.923 bits per heavy atom. The molecule has 1 aliphatic heterocycles. The van der Waals surface area contributed by atoms with Crippen LogP contribution in [0, 0.1) is 0 Å². The van der Waals surface area contributed by atoms with Gasteiger partial charge in [0.15, 0.2) is 0 Å². The third-order valence-corrected chi connectivity index (χ3v) is 3.87. The van der Waals surface area contributed by atoms with Crippen molar-refractivity contribution in [2.75, 3.05) is 13.2 Å². The van der Waals surface area contributed by atoms with Gasteiger partial charge in [0.05, 0.1) is 28.8 Å². The lowest BCUT2D eigenvalue weighted by molar-refractivity contribution is -0.137. The molecule has 8 heteroatoms. The standard InChI is InChI=1S/C18H12F3NO4/c19-18(20,21)12-7-5-11(6-8-12)17(25)26-10-9-22-15(23)13-3-1-2-4-14(13)16(22)24/h1-8H,9-10H2. The Morgan fingerprint density at radius 2 is 1.46 bits per heavy atom. The number of alkyl halides is 3. The highest BCUT2D eigenvalue weighted by Gasteiger charge is 2.35. The van der Waals surface area contributed by atoms with Gasteiger partial charge in [-0.3, -0.25) is 14.5 Å². The minimum atomic E-state index is -4.49. The van der Waals surface area contributed by atoms with E-state index in [0.29, 0.717) is 0 Å². The molecule has 1 heterocycles. The van der Waals surface area contributed by atoms with Crippen LogP contribution in [-0.4, -0.2) is 35.8 Å². The zero-order chi connectivity index (χ0) is 18.9. The van der Waals surface area contributed by atoms with Gasteiger partial charge in [0.1, 0.15) is 6.61 Å². The van der Waals surface area contributed by atoms with Gasteiger partial charge in [-0.15, -0.1) is 0 Å². The molecule has 2 aromatic rings. The molecule has 134 valence electrons. The number of rotatable bonds is 4. The summed E-state index contributed by atoms with van der Waals surface area (Å²) in [7, 11) is 0. The van der Waals surface area contributed by atoms with Gasteiger partial charge in [0, 0.05) is 0 Å². The Kier molecular flexibility index (Phi) is 4.50. The van der Waals surface area contributed by atoms with E-state index in [2.05, 4.69) is 0 Å². The summed E-state index contributed by atoms with van der Waals surface area (Å²) in [6, 6.07) is 9.91. The fraction of sp³-hybridized carbons (Fsp3) is 0.167. The zero-order valence-corrected chi connectivity index (χ0v) is 13.2. The van der Waals surface area contributed by atoms with Crippen molar-refractivity contribution in [3.63, 3.8) is 0 Å². The highest BCUT2D eigenvalue weighted by molar-refractivity contribution is 6.21. The van der Waals surface area contributed by atoms with Crippen molar-refractivity contribution >= 4 is 17.8 Å². The molecule has 0 aromatic heterocycles. The maximum absolute atomic E-state index is 12.5. The molecule has 0 unspecified atom stereocenters. The van der Waals surface area contributed by atoms with E-state index in [1.165, 1.54) is 12.1 Å². The molecular formula is C18H12F3NO4. The van der Waals surface area contributed by atoms with E-state index in [1.807, 2.05) is 0 Å². The molecule has 0 bridgehead atoms. The van der Waals surface area contributed by atoms with Crippen LogP contribution in [0.3, 0.4) is 0 Å². The predicted molar refractivity (Wildman–Crippen MR) is 83.5 cm³/mol. The summed E-state index contributed by atoms with van der Waals surface area (Å²) in [6.45, 7) is -0.399. The minimum Gasteiger partial charge on any atom is -0.460 e. The highest BCUT2D eigenvalue weighted by atomic mass is 19.4. The predicted octanol–water partition coefficient (Wildman–Crippen LogP) is 3.16. The molecule has 1 aliphatic rings. The molecule has 0 saturated heterocycles. The van der Waals surface area contributed by atoms with Crippen molar-refractivity contribution in [1.82, 2.24) is 4.90 Å². The van der Waals surface area contributed by atoms with Crippen molar-refractivity contribution < 1.29 is 32.3 Å². The van der Waals surface area contributed by atoms with Gasteiger partial charge in [-0.25, -0.2) is 4.79 Å². The molecule has 0 N–H and O–H groups in total. The fourth-order valence-electron chi connectivity index (χ4n) is 2.55. The second kappa shape index (κ2) is 6.62. The van der Waals surface area contributed by atoms with Gasteiger partial charge >= 0.3 is 12.1 Å². The van der Waals surface area contributed by atoms with Crippen LogP contribution in [-0.2, 0) is 10.9 Å². The fourth-order valence-corrected chi connectivity index (χ4v) is 2.55. The van der Waals surface area contributed by atoms with Crippen molar-refractivity contribution in [3.8, 4) is 0 Å². The minimum absolute atomic E-state index is 0.0552. The van der Waals surface area contributed by atoms with Gasteiger partial charge in [-0.1, -0.05) is 12.1 Å². The van der Waals surface area contributed by atoms with Crippen LogP contribution >= 0.6 is 0 Å². The number of halogens is 3. The maximum atomic E-state index is 12.5. The monoisotopic (exact) mass is 363 g/mol. The van der Waals surface area contributed by atoms with Crippen LogP contribution < -0.4 is 0 Å². The van der Waals surface area contributed by atoms with Crippen LogP contribution in [0.1, 0.15) is 36.6 Å². The summed E-state index contributed by atoms with van der Waals surface area (Å²) in [5.74, 6) is -1.79. The molecule has 0 fully saturated rings. The Labute approximate surface area is 146 Å². The van der Waals surface area contributed by atoms with Gasteiger partial charge in [0.25, 0.3) is 11.8 Å². The maximum Gasteiger partial charge on any atom is 0.416 e. The molecule has 0 spiro atoms. The van der Waals surface area contributed by atoms with Gasteiger partial charge in [-0.05, 0) is 36.4 Å². The van der Waals surface area contributed by atoms with E-state index in [1.54, 1.807) is 12.1 Å². The summed E-state index contributed by atoms with van der Waals surface area (Å²) in [6.07, 6.45) is -4.49. The van der Waals surface area contributed by atoms with E-state index in [4.69, 9.17) is 4.74 Å². The van der Waals surface area contributed by atoms with Crippen LogP contribution in [0.4, 0.5) is 13.2 Å². The quantitative estimate of drug-likeness (QED) is 0.618. The lowest BCUT2D eigenvalue weighted by Crippen LogP contribution is -2.33. The normalized spacial score (nSPS) is 13.7. The second-order valence-electron chi connectivity index (χ2n) is 5.52. The molecular weight excluding hydrogens is 351 g/mol. The average Bonchev–Trinajstić information content (AvgIpc) is 2.86. The first kappa shape index (κ1) is 17.7. The van der Waals surface area contributed by atoms with E-state index in [-0.39, 0.29) is 29.8 Å². The number of carbonyl (C=O) groups is 3. The Bertz CT molecular complexity index is 840. The summed E-state index contributed by atoms with van der Waals surface area (Å²) in [4.78, 5) is 37.1. The van der Waals surface area contributed by atoms with Crippen LogP contribution in [0.25, 0.3) is 0 Å². The summed E-state index contributed by atoms with van der Waals surface area (Å²) < 4.78 is 42.4. The molecule has 26 heavy (non-hydrogen) atoms. The molecule has 0 atom stereocenters. The van der Waals surface area contributed by atoms with E-state index >= 15 is 0 Å². The summed E-state index contributed by atoms with van der Waals surface area (Å²) in [5, 5.41) is 0. The topological polar surface area (TPSA) is 63.7 Å². The molecule has 2 aromatic carbocycles. The molecule has 3 rings (SSSR count). The first-order valence-corrected chi connectivity index (χ1v) is 7.58. The lowest BCUT2D eigenvalue weighted by Gasteiger charge is -2.14. The van der Waals surface area contributed by atoms with E-state index in [0.717, 1.165) is 29.2 Å². The first-order chi connectivity index (χ1) is 12.3. The lowest BCUT2D eigenvalue weighted by atomic mass is 10.1. The number of esters is 1. The number of hydrogen-bond donors (Lipinski definition) is 0. The molecule has 5 nitrogen and oxygen atoms in total. The van der Waals surface area contributed by atoms with Gasteiger partial charge in [-0.2, -0.15) is 13.2 Å². The first-order valence-electron chi connectivity index (χ1n) is 7.58. The van der Waals surface area contributed by atoms with Crippen LogP contribution in [0.2, 0.25) is 0 Å². The highest BCUT2D eigenvalue weighted by Crippen LogP contribution is 2.29. The molecule has 0 radical (unpaired) electrons. The summed E-state index contributed by atoms with van der Waals surface area (Å²) in [5.41, 5.74) is -0.362.